The maximum atomic E-state index is 4.14. The summed E-state index contributed by atoms with van der Waals surface area (Å²) in [4.78, 5) is 1.63. The Morgan fingerprint density at radius 3 is 1.22 bits per heavy atom. The molecular weight excluding hydrogens is 208 g/mol. The Labute approximate surface area is 79.7 Å². The summed E-state index contributed by atoms with van der Waals surface area (Å²) in [6.45, 7) is 0. The quantitative estimate of drug-likeness (QED) is 0.467. The molecule has 0 aliphatic carbocycles. The van der Waals surface area contributed by atoms with E-state index in [1.54, 1.807) is 0 Å². The van der Waals surface area contributed by atoms with Crippen LogP contribution in [0.4, 0.5) is 0 Å². The normalized spacial score (nSPS) is 10.2. The Morgan fingerprint density at radius 2 is 1.11 bits per heavy atom. The van der Waals surface area contributed by atoms with Crippen LogP contribution in [0.5, 0.6) is 0 Å². The van der Waals surface area contributed by atoms with Crippen LogP contribution in [0.1, 0.15) is 0 Å². The molecule has 0 nitrogen and oxygen atoms in total. The molecule has 5 heteroatoms. The molecule has 0 radical (unpaired) electrons. The number of rotatable bonds is 0. The summed E-state index contributed by atoms with van der Waals surface area (Å²) < 4.78 is 1.74. The van der Waals surface area contributed by atoms with Gasteiger partial charge in [-0.05, 0) is 0 Å². The monoisotopic (exact) mass is 212 g/mol. The Hall–Kier alpha value is 1.10. The molecule has 0 bridgehead atoms. The predicted molar refractivity (Wildman–Crippen MR) is 53.3 cm³/mol. The zero-order valence-electron chi connectivity index (χ0n) is 4.20. The summed E-state index contributed by atoms with van der Waals surface area (Å²) in [5, 5.41) is 0. The highest BCUT2D eigenvalue weighted by molar-refractivity contribution is 7.89. The van der Waals surface area contributed by atoms with Crippen LogP contribution in [-0.2, 0) is 0 Å². The molecule has 0 atom stereocenters. The van der Waals surface area contributed by atoms with Crippen LogP contribution in [0.3, 0.4) is 0 Å². The molecule has 0 aliphatic heterocycles. The molecule has 1 rings (SSSR count). The van der Waals surface area contributed by atoms with Crippen molar-refractivity contribution in [3.63, 3.8) is 0 Å². The summed E-state index contributed by atoms with van der Waals surface area (Å²) in [6, 6.07) is 0. The Kier molecular flexibility index (Phi) is 2.74. The molecule has 9 heavy (non-hydrogen) atoms. The van der Waals surface area contributed by atoms with Gasteiger partial charge in [-0.1, -0.05) is 0 Å². The second-order valence-electron chi connectivity index (χ2n) is 1.41. The highest BCUT2D eigenvalue weighted by Crippen LogP contribution is 2.38. The lowest BCUT2D eigenvalue weighted by Crippen LogP contribution is -1.58. The van der Waals surface area contributed by atoms with Crippen molar-refractivity contribution in [2.24, 2.45) is 0 Å². The van der Waals surface area contributed by atoms with E-state index < -0.39 is 0 Å². The van der Waals surface area contributed by atoms with Crippen molar-refractivity contribution >= 4 is 61.9 Å². The lowest BCUT2D eigenvalue weighted by atomic mass is 10.6. The van der Waals surface area contributed by atoms with Gasteiger partial charge in [-0.25, -0.2) is 0 Å². The van der Waals surface area contributed by atoms with Crippen molar-refractivity contribution in [3.8, 4) is 0 Å². The first kappa shape index (κ1) is 8.20. The Balaban J connectivity index is 3.29. The van der Waals surface area contributed by atoms with Gasteiger partial charge in [0.1, 0.15) is 0 Å². The lowest BCUT2D eigenvalue weighted by molar-refractivity contribution is 1.20. The molecule has 0 aromatic carbocycles. The fraction of sp³-hybridized carbons (Fsp3) is 0. The van der Waals surface area contributed by atoms with E-state index in [1.165, 1.54) is 11.3 Å². The van der Waals surface area contributed by atoms with Crippen LogP contribution in [0.25, 0.3) is 0 Å². The van der Waals surface area contributed by atoms with E-state index in [0.717, 1.165) is 18.2 Å². The van der Waals surface area contributed by atoms with E-state index in [4.69, 9.17) is 0 Å². The van der Waals surface area contributed by atoms with Crippen molar-refractivity contribution in [2.45, 2.75) is 18.2 Å². The Morgan fingerprint density at radius 1 is 0.778 bits per heavy atom. The van der Waals surface area contributed by atoms with Crippen LogP contribution in [0, 0.1) is 0 Å². The molecule has 0 aliphatic rings. The van der Waals surface area contributed by atoms with Crippen molar-refractivity contribution in [1.82, 2.24) is 0 Å². The van der Waals surface area contributed by atoms with Crippen molar-refractivity contribution in [3.05, 3.63) is 0 Å². The third-order valence-electron chi connectivity index (χ3n) is 0.823. The van der Waals surface area contributed by atoms with Gasteiger partial charge in [-0.3, -0.25) is 0 Å². The van der Waals surface area contributed by atoms with Gasteiger partial charge in [0, 0.05) is 9.79 Å². The summed E-state index contributed by atoms with van der Waals surface area (Å²) >= 11 is 18.0. The smallest absolute Gasteiger partial charge is 0.0725 e. The highest BCUT2D eigenvalue weighted by Gasteiger charge is 2.06. The summed E-state index contributed by atoms with van der Waals surface area (Å²) in [5.41, 5.74) is 0. The molecule has 0 unspecified atom stereocenters. The van der Waals surface area contributed by atoms with E-state index in [-0.39, 0.29) is 0 Å². The van der Waals surface area contributed by atoms with Crippen molar-refractivity contribution < 1.29 is 0 Å². The minimum atomic E-state index is 0.816. The minimum Gasteiger partial charge on any atom is -0.140 e. The van der Waals surface area contributed by atoms with E-state index in [0.29, 0.717) is 0 Å². The number of thiol groups is 4. The zero-order valence-corrected chi connectivity index (χ0v) is 8.59. The fourth-order valence-corrected chi connectivity index (χ4v) is 2.78. The van der Waals surface area contributed by atoms with E-state index >= 15 is 0 Å². The topological polar surface area (TPSA) is 0 Å². The molecule has 0 amide bonds. The van der Waals surface area contributed by atoms with Crippen LogP contribution in [0.15, 0.2) is 18.2 Å². The first-order chi connectivity index (χ1) is 4.13. The van der Waals surface area contributed by atoms with Crippen LogP contribution in [0.2, 0.25) is 0 Å². The van der Waals surface area contributed by atoms with Gasteiger partial charge in [0.15, 0.2) is 0 Å². The summed E-state index contributed by atoms with van der Waals surface area (Å²) in [5.74, 6) is 0. The molecule has 1 aromatic heterocycles. The molecule has 0 fully saturated rings. The van der Waals surface area contributed by atoms with Gasteiger partial charge in [0.2, 0.25) is 0 Å². The average Bonchev–Trinajstić information content (AvgIpc) is 1.98. The maximum Gasteiger partial charge on any atom is 0.0725 e. The number of thiophene rings is 1. The molecule has 1 heterocycles. The average molecular weight is 212 g/mol. The van der Waals surface area contributed by atoms with E-state index in [1.807, 2.05) is 0 Å². The van der Waals surface area contributed by atoms with Gasteiger partial charge < -0.3 is 0 Å². The van der Waals surface area contributed by atoms with Gasteiger partial charge >= 0.3 is 0 Å². The SMILES string of the molecule is Sc1sc(S)c(S)c1S. The molecule has 0 saturated heterocycles. The van der Waals surface area contributed by atoms with Gasteiger partial charge in [0.05, 0.1) is 8.42 Å². The third kappa shape index (κ3) is 1.57. The summed E-state index contributed by atoms with van der Waals surface area (Å²) in [6.07, 6.45) is 0. The van der Waals surface area contributed by atoms with Crippen LogP contribution in [-0.4, -0.2) is 0 Å². The largest absolute Gasteiger partial charge is 0.140 e. The molecule has 50 valence electrons. The van der Waals surface area contributed by atoms with E-state index in [2.05, 4.69) is 50.5 Å². The van der Waals surface area contributed by atoms with Crippen LogP contribution < -0.4 is 0 Å². The predicted octanol–water partition coefficient (Wildman–Crippen LogP) is 2.90. The molecule has 0 N–H and O–H groups in total. The molecule has 0 saturated carbocycles. The minimum absolute atomic E-state index is 0.816. The van der Waals surface area contributed by atoms with Crippen molar-refractivity contribution in [1.29, 1.82) is 0 Å². The molecule has 0 spiro atoms. The third-order valence-corrected chi connectivity index (χ3v) is 4.34. The Bertz CT molecular complexity index is 203. The molecule has 1 aromatic rings. The van der Waals surface area contributed by atoms with Gasteiger partial charge in [-0.15, -0.1) is 61.9 Å². The first-order valence-electron chi connectivity index (χ1n) is 2.05. The first-order valence-corrected chi connectivity index (χ1v) is 4.66. The second kappa shape index (κ2) is 3.00. The number of hydrogen-bond donors (Lipinski definition) is 4. The standard InChI is InChI=1S/C4H4S5/c5-1-2(6)4(8)9-3(1)7/h5-8H. The lowest BCUT2D eigenvalue weighted by Gasteiger charge is -1.85. The van der Waals surface area contributed by atoms with Crippen LogP contribution >= 0.6 is 61.9 Å². The van der Waals surface area contributed by atoms with Crippen molar-refractivity contribution in [2.75, 3.05) is 0 Å². The summed E-state index contributed by atoms with van der Waals surface area (Å²) in [7, 11) is 0. The fourth-order valence-electron chi connectivity index (χ4n) is 0.391. The van der Waals surface area contributed by atoms with E-state index in [9.17, 15) is 0 Å². The number of hydrogen-bond acceptors (Lipinski definition) is 5. The van der Waals surface area contributed by atoms with Gasteiger partial charge in [0.25, 0.3) is 0 Å². The molecular formula is C4H4S5. The highest BCUT2D eigenvalue weighted by atomic mass is 32.2. The zero-order chi connectivity index (χ0) is 7.02. The maximum absolute atomic E-state index is 4.14. The van der Waals surface area contributed by atoms with Gasteiger partial charge in [-0.2, -0.15) is 0 Å². The second-order valence-corrected chi connectivity index (χ2v) is 4.82.